The first-order valence-electron chi connectivity index (χ1n) is 19.4. The molecule has 0 saturated heterocycles. The third-order valence-electron chi connectivity index (χ3n) is 12.2. The number of amidine groups is 1. The van der Waals surface area contributed by atoms with Crippen molar-refractivity contribution in [2.45, 2.75) is 45.2 Å². The van der Waals surface area contributed by atoms with E-state index in [1.165, 1.54) is 66.8 Å². The van der Waals surface area contributed by atoms with Gasteiger partial charge in [0.2, 0.25) is 0 Å². The van der Waals surface area contributed by atoms with E-state index in [1.54, 1.807) is 0 Å². The van der Waals surface area contributed by atoms with Gasteiger partial charge < -0.3 is 5.32 Å². The lowest BCUT2D eigenvalue weighted by Gasteiger charge is -2.30. The summed E-state index contributed by atoms with van der Waals surface area (Å²) >= 11 is 0. The predicted octanol–water partition coefficient (Wildman–Crippen LogP) is 13.1. The molecule has 4 unspecified atom stereocenters. The van der Waals surface area contributed by atoms with E-state index >= 15 is 0 Å². The Balaban J connectivity index is 1.06. The van der Waals surface area contributed by atoms with Crippen LogP contribution in [0.5, 0.6) is 0 Å². The molecular formula is C52H46N2. The summed E-state index contributed by atoms with van der Waals surface area (Å²) in [6.07, 6.45) is 0. The van der Waals surface area contributed by atoms with Crippen molar-refractivity contribution in [3.63, 3.8) is 0 Å². The topological polar surface area (TPSA) is 24.4 Å². The molecule has 0 bridgehead atoms. The van der Waals surface area contributed by atoms with Crippen molar-refractivity contribution in [1.29, 1.82) is 0 Å². The molecule has 0 aromatic heterocycles. The van der Waals surface area contributed by atoms with Crippen LogP contribution in [0, 0.1) is 11.8 Å². The molecule has 7 aromatic rings. The fraction of sp³-hybridized carbons (Fsp3) is 0.173. The van der Waals surface area contributed by atoms with E-state index in [1.807, 2.05) is 0 Å². The van der Waals surface area contributed by atoms with Gasteiger partial charge in [-0.2, -0.15) is 0 Å². The van der Waals surface area contributed by atoms with Gasteiger partial charge in [-0.05, 0) is 103 Å². The number of hydrogen-bond donors (Lipinski definition) is 1. The summed E-state index contributed by atoms with van der Waals surface area (Å²) in [7, 11) is 0. The molecule has 0 radical (unpaired) electrons. The van der Waals surface area contributed by atoms with Crippen molar-refractivity contribution in [3.8, 4) is 44.5 Å². The van der Waals surface area contributed by atoms with E-state index < -0.39 is 0 Å². The summed E-state index contributed by atoms with van der Waals surface area (Å²) in [6, 6.07) is 64.4. The Morgan fingerprint density at radius 2 is 0.944 bits per heavy atom. The second kappa shape index (κ2) is 13.8. The lowest BCUT2D eigenvalue weighted by Crippen LogP contribution is -2.33. The number of nitrogens with one attached hydrogen (secondary N) is 1. The van der Waals surface area contributed by atoms with Crippen molar-refractivity contribution >= 4 is 5.84 Å². The van der Waals surface area contributed by atoms with Gasteiger partial charge in [0, 0.05) is 11.0 Å². The largest absolute Gasteiger partial charge is 0.363 e. The van der Waals surface area contributed by atoms with Gasteiger partial charge in [-0.25, -0.2) is 0 Å². The highest BCUT2D eigenvalue weighted by Gasteiger charge is 2.36. The maximum absolute atomic E-state index is 5.54. The first-order valence-corrected chi connectivity index (χ1v) is 19.4. The lowest BCUT2D eigenvalue weighted by atomic mass is 9.79. The molecule has 2 aliphatic rings. The first-order chi connectivity index (χ1) is 26.3. The minimum absolute atomic E-state index is 0.00123. The molecule has 1 aliphatic carbocycles. The van der Waals surface area contributed by atoms with Crippen molar-refractivity contribution in [3.05, 3.63) is 204 Å². The average Bonchev–Trinajstić information content (AvgIpc) is 3.37. The summed E-state index contributed by atoms with van der Waals surface area (Å²) in [5, 5.41) is 3.98. The van der Waals surface area contributed by atoms with Crippen LogP contribution >= 0.6 is 0 Å². The molecular weight excluding hydrogens is 653 g/mol. The summed E-state index contributed by atoms with van der Waals surface area (Å²) < 4.78 is 0. The maximum atomic E-state index is 5.54. The molecule has 0 spiro atoms. The molecule has 1 heterocycles. The van der Waals surface area contributed by atoms with Crippen LogP contribution in [0.3, 0.4) is 0 Å². The van der Waals surface area contributed by atoms with E-state index in [2.05, 4.69) is 209 Å². The van der Waals surface area contributed by atoms with Crippen LogP contribution in [0.25, 0.3) is 44.5 Å². The highest BCUT2D eigenvalue weighted by Crippen LogP contribution is 2.49. The molecule has 1 N–H and O–H groups in total. The molecule has 264 valence electrons. The standard InChI is InChI=1S/C52H46N2/c1-34-35(2)50(54-51(37-18-9-6-10-19-37)53-49(34)43-24-14-20-38(31-43)36-16-7-5-8-17-36)44-25-15-23-41(32-44)39-21-13-22-40(30-39)42-28-29-46-45-26-11-12-27-47(45)52(3,4)48(46)33-42/h5-35,49-50H,1-4H3,(H,53,54). The number of benzene rings is 7. The third kappa shape index (κ3) is 6.06. The quantitative estimate of drug-likeness (QED) is 0.184. The molecule has 0 saturated carbocycles. The smallest absolute Gasteiger partial charge is 0.129 e. The van der Waals surface area contributed by atoms with Gasteiger partial charge in [-0.15, -0.1) is 0 Å². The van der Waals surface area contributed by atoms with Gasteiger partial charge in [0.25, 0.3) is 0 Å². The van der Waals surface area contributed by atoms with Crippen LogP contribution in [0.4, 0.5) is 0 Å². The molecule has 4 atom stereocenters. The fourth-order valence-corrected chi connectivity index (χ4v) is 8.89. The Morgan fingerprint density at radius 1 is 0.426 bits per heavy atom. The fourth-order valence-electron chi connectivity index (χ4n) is 8.89. The Kier molecular flexibility index (Phi) is 8.62. The number of fused-ring (bicyclic) bond motifs is 3. The highest BCUT2D eigenvalue weighted by molar-refractivity contribution is 5.99. The van der Waals surface area contributed by atoms with Crippen LogP contribution in [-0.4, -0.2) is 5.84 Å². The number of nitrogens with zero attached hydrogens (tertiary/aromatic N) is 1. The molecule has 0 fully saturated rings. The Labute approximate surface area is 320 Å². The molecule has 2 heteroatoms. The van der Waals surface area contributed by atoms with Gasteiger partial charge in [-0.1, -0.05) is 179 Å². The minimum Gasteiger partial charge on any atom is -0.363 e. The molecule has 54 heavy (non-hydrogen) atoms. The maximum Gasteiger partial charge on any atom is 0.129 e. The third-order valence-corrected chi connectivity index (χ3v) is 12.2. The first kappa shape index (κ1) is 33.8. The van der Waals surface area contributed by atoms with Crippen molar-refractivity contribution in [2.24, 2.45) is 16.8 Å². The van der Waals surface area contributed by atoms with Gasteiger partial charge in [0.15, 0.2) is 0 Å². The molecule has 0 amide bonds. The zero-order chi connectivity index (χ0) is 36.8. The Bertz CT molecular complexity index is 2490. The van der Waals surface area contributed by atoms with Gasteiger partial charge in [-0.3, -0.25) is 4.99 Å². The van der Waals surface area contributed by atoms with Crippen LogP contribution in [0.2, 0.25) is 0 Å². The van der Waals surface area contributed by atoms with Gasteiger partial charge in [0.1, 0.15) is 5.84 Å². The Hall–Kier alpha value is -5.99. The molecule has 1 aliphatic heterocycles. The van der Waals surface area contributed by atoms with Gasteiger partial charge >= 0.3 is 0 Å². The van der Waals surface area contributed by atoms with Crippen LogP contribution in [-0.2, 0) is 5.41 Å². The van der Waals surface area contributed by atoms with Crippen LogP contribution < -0.4 is 5.32 Å². The monoisotopic (exact) mass is 698 g/mol. The normalized spacial score (nSPS) is 19.9. The summed E-state index contributed by atoms with van der Waals surface area (Å²) in [4.78, 5) is 5.54. The zero-order valence-electron chi connectivity index (χ0n) is 31.5. The highest BCUT2D eigenvalue weighted by atomic mass is 15.1. The average molecular weight is 699 g/mol. The second-order valence-corrected chi connectivity index (χ2v) is 15.8. The lowest BCUT2D eigenvalue weighted by molar-refractivity contribution is 0.284. The number of aliphatic imine (C=N–C) groups is 1. The predicted molar refractivity (Wildman–Crippen MR) is 227 cm³/mol. The van der Waals surface area contributed by atoms with E-state index in [0.29, 0.717) is 5.92 Å². The Morgan fingerprint density at radius 3 is 1.67 bits per heavy atom. The van der Waals surface area contributed by atoms with Crippen molar-refractivity contribution < 1.29 is 0 Å². The van der Waals surface area contributed by atoms with E-state index in [0.717, 1.165) is 11.4 Å². The summed E-state index contributed by atoms with van der Waals surface area (Å²) in [5.41, 5.74) is 16.5. The van der Waals surface area contributed by atoms with Crippen molar-refractivity contribution in [2.75, 3.05) is 0 Å². The van der Waals surface area contributed by atoms with Crippen LogP contribution in [0.15, 0.2) is 181 Å². The SMILES string of the molecule is CC1C(c2cccc(-c3ccccc3)c2)N=C(c2ccccc2)NC(c2cccc(-c3cccc(-c4ccc5c(c4)C(C)(C)c4ccccc4-5)c3)c2)C1C. The summed E-state index contributed by atoms with van der Waals surface area (Å²) in [6.45, 7) is 9.47. The molecule has 9 rings (SSSR count). The van der Waals surface area contributed by atoms with E-state index in [4.69, 9.17) is 4.99 Å². The van der Waals surface area contributed by atoms with Gasteiger partial charge in [0.05, 0.1) is 12.1 Å². The zero-order valence-corrected chi connectivity index (χ0v) is 31.5. The van der Waals surface area contributed by atoms with E-state index in [9.17, 15) is 0 Å². The second-order valence-electron chi connectivity index (χ2n) is 15.8. The summed E-state index contributed by atoms with van der Waals surface area (Å²) in [5.74, 6) is 1.51. The molecule has 7 aromatic carbocycles. The van der Waals surface area contributed by atoms with E-state index in [-0.39, 0.29) is 23.4 Å². The number of rotatable bonds is 6. The molecule has 2 nitrogen and oxygen atoms in total. The minimum atomic E-state index is -0.0287. The number of hydrogen-bond acceptors (Lipinski definition) is 2. The van der Waals surface area contributed by atoms with Crippen LogP contribution in [0.1, 0.15) is 67.6 Å². The van der Waals surface area contributed by atoms with Crippen molar-refractivity contribution in [1.82, 2.24) is 5.32 Å².